The summed E-state index contributed by atoms with van der Waals surface area (Å²) in [5, 5.41) is 8.79. The van der Waals surface area contributed by atoms with Gasteiger partial charge in [-0.1, -0.05) is 71.8 Å². The Morgan fingerprint density at radius 3 is 2.39 bits per heavy atom. The minimum absolute atomic E-state index is 0.0422. The number of benzene rings is 4. The number of aromatic nitrogens is 1. The number of amides is 3. The number of carbonyl (C=O) groups is 3. The van der Waals surface area contributed by atoms with Gasteiger partial charge in [-0.25, -0.2) is 9.37 Å². The van der Waals surface area contributed by atoms with Crippen molar-refractivity contribution >= 4 is 69.3 Å². The van der Waals surface area contributed by atoms with Crippen molar-refractivity contribution in [2.75, 3.05) is 16.4 Å². The first-order chi connectivity index (χ1) is 22.2. The molecular weight excluding hydrogens is 643 g/mol. The van der Waals surface area contributed by atoms with Gasteiger partial charge in [-0.2, -0.15) is 0 Å². The second-order valence-electron chi connectivity index (χ2n) is 10.1. The fourth-order valence-electron chi connectivity index (χ4n) is 4.33. The van der Waals surface area contributed by atoms with Gasteiger partial charge in [-0.05, 0) is 62.4 Å². The number of anilines is 2. The first-order valence-electron chi connectivity index (χ1n) is 14.1. The molecule has 1 aromatic heterocycles. The van der Waals surface area contributed by atoms with Gasteiger partial charge in [-0.3, -0.25) is 14.4 Å². The fraction of sp³-hybridized carbons (Fsp3) is 0.0857. The fourth-order valence-corrected chi connectivity index (χ4v) is 6.16. The van der Waals surface area contributed by atoms with E-state index in [1.165, 1.54) is 47.4 Å². The second kappa shape index (κ2) is 15.0. The number of thiazole rings is 1. The van der Waals surface area contributed by atoms with Crippen molar-refractivity contribution in [3.05, 3.63) is 135 Å². The molecule has 46 heavy (non-hydrogen) atoms. The van der Waals surface area contributed by atoms with E-state index in [1.807, 2.05) is 44.2 Å². The minimum atomic E-state index is -0.688. The quantitative estimate of drug-likeness (QED) is 0.102. The average molecular weight is 671 g/mol. The Morgan fingerprint density at radius 1 is 0.913 bits per heavy atom. The summed E-state index contributed by atoms with van der Waals surface area (Å²) in [6.07, 6.45) is 1.20. The first kappa shape index (κ1) is 32.6. The molecular formula is C35H28ClFN4O3S2. The molecule has 0 unspecified atom stereocenters. The molecule has 5 rings (SSSR count). The normalized spacial score (nSPS) is 11.2. The van der Waals surface area contributed by atoms with E-state index in [0.717, 1.165) is 26.6 Å². The molecule has 0 spiro atoms. The SMILES string of the molecule is Cc1ccc(-c2nc(NC(=O)CSc3cccc(NC(=O)/C(=C\c4c(F)cccc4Cl)NC(=O)c4ccccc4)c3)sc2C)cc1. The summed E-state index contributed by atoms with van der Waals surface area (Å²) < 4.78 is 14.6. The zero-order valence-corrected chi connectivity index (χ0v) is 27.2. The molecule has 5 aromatic rings. The van der Waals surface area contributed by atoms with Gasteiger partial charge in [-0.15, -0.1) is 23.1 Å². The van der Waals surface area contributed by atoms with E-state index < -0.39 is 17.6 Å². The highest BCUT2D eigenvalue weighted by Crippen LogP contribution is 2.31. The highest BCUT2D eigenvalue weighted by atomic mass is 35.5. The van der Waals surface area contributed by atoms with Crippen molar-refractivity contribution in [2.45, 2.75) is 18.7 Å². The third-order valence-corrected chi connectivity index (χ3v) is 8.86. The van der Waals surface area contributed by atoms with Crippen molar-refractivity contribution < 1.29 is 18.8 Å². The Labute approximate surface area is 278 Å². The molecule has 0 bridgehead atoms. The largest absolute Gasteiger partial charge is 0.321 e. The van der Waals surface area contributed by atoms with Crippen LogP contribution in [0.2, 0.25) is 5.02 Å². The van der Waals surface area contributed by atoms with E-state index in [4.69, 9.17) is 11.6 Å². The lowest BCUT2D eigenvalue weighted by atomic mass is 10.1. The van der Waals surface area contributed by atoms with Crippen molar-refractivity contribution in [2.24, 2.45) is 0 Å². The van der Waals surface area contributed by atoms with Gasteiger partial charge in [0, 0.05) is 32.2 Å². The molecule has 0 atom stereocenters. The molecule has 0 fully saturated rings. The number of carbonyl (C=O) groups excluding carboxylic acids is 3. The van der Waals surface area contributed by atoms with Crippen LogP contribution in [0.15, 0.2) is 108 Å². The highest BCUT2D eigenvalue weighted by Gasteiger charge is 2.18. The number of halogens is 2. The summed E-state index contributed by atoms with van der Waals surface area (Å²) in [5.41, 5.74) is 3.46. The van der Waals surface area contributed by atoms with Crippen molar-refractivity contribution in [3.63, 3.8) is 0 Å². The molecule has 1 heterocycles. The summed E-state index contributed by atoms with van der Waals surface area (Å²) in [7, 11) is 0. The molecule has 0 radical (unpaired) electrons. The predicted molar refractivity (Wildman–Crippen MR) is 185 cm³/mol. The van der Waals surface area contributed by atoms with Gasteiger partial charge in [0.2, 0.25) is 5.91 Å². The minimum Gasteiger partial charge on any atom is -0.321 e. The van der Waals surface area contributed by atoms with E-state index >= 15 is 0 Å². The van der Waals surface area contributed by atoms with Crippen LogP contribution < -0.4 is 16.0 Å². The van der Waals surface area contributed by atoms with Crippen LogP contribution in [0.1, 0.15) is 26.4 Å². The molecule has 0 aliphatic carbocycles. The maximum atomic E-state index is 14.6. The van der Waals surface area contributed by atoms with Crippen LogP contribution in [0, 0.1) is 19.7 Å². The van der Waals surface area contributed by atoms with Crippen molar-refractivity contribution in [1.82, 2.24) is 10.3 Å². The predicted octanol–water partition coefficient (Wildman–Crippen LogP) is 8.36. The van der Waals surface area contributed by atoms with Crippen LogP contribution in [-0.4, -0.2) is 28.5 Å². The summed E-state index contributed by atoms with van der Waals surface area (Å²) in [5.74, 6) is -2.00. The number of nitrogens with one attached hydrogen (secondary N) is 3. The lowest BCUT2D eigenvalue weighted by molar-refractivity contribution is -0.114. The number of aryl methyl sites for hydroxylation is 2. The first-order valence-corrected chi connectivity index (χ1v) is 16.2. The summed E-state index contributed by atoms with van der Waals surface area (Å²) in [6.45, 7) is 3.99. The van der Waals surface area contributed by atoms with Crippen molar-refractivity contribution in [3.8, 4) is 11.3 Å². The Hall–Kier alpha value is -4.77. The van der Waals surface area contributed by atoms with Crippen molar-refractivity contribution in [1.29, 1.82) is 0 Å². The molecule has 3 N–H and O–H groups in total. The van der Waals surface area contributed by atoms with Gasteiger partial charge < -0.3 is 16.0 Å². The van der Waals surface area contributed by atoms with E-state index in [-0.39, 0.29) is 27.9 Å². The Kier molecular flexibility index (Phi) is 10.6. The molecule has 0 saturated carbocycles. The third kappa shape index (κ3) is 8.48. The zero-order chi connectivity index (χ0) is 32.6. The summed E-state index contributed by atoms with van der Waals surface area (Å²) >= 11 is 8.89. The van der Waals surface area contributed by atoms with Gasteiger partial charge in [0.25, 0.3) is 11.8 Å². The molecule has 0 aliphatic heterocycles. The van der Waals surface area contributed by atoms with Gasteiger partial charge in [0.15, 0.2) is 5.13 Å². The van der Waals surface area contributed by atoms with Crippen LogP contribution in [-0.2, 0) is 9.59 Å². The standard InChI is InChI=1S/C35H28ClFN4O3S2/c1-21-14-16-23(17-15-21)32-22(2)46-35(41-32)40-31(42)20-45-26-11-6-10-25(18-26)38-34(44)30(19-27-28(36)12-7-13-29(27)37)39-33(43)24-8-4-3-5-9-24/h3-19H,20H2,1-2H3,(H,38,44)(H,39,43)(H,40,41,42)/b30-19+. The number of rotatable bonds is 10. The van der Waals surface area contributed by atoms with Gasteiger partial charge in [0.1, 0.15) is 11.5 Å². The average Bonchev–Trinajstić information content (AvgIpc) is 3.41. The zero-order valence-electron chi connectivity index (χ0n) is 24.8. The Bertz CT molecular complexity index is 1910. The van der Waals surface area contributed by atoms with Crippen LogP contribution in [0.3, 0.4) is 0 Å². The molecule has 232 valence electrons. The maximum absolute atomic E-state index is 14.6. The van der Waals surface area contributed by atoms with E-state index in [0.29, 0.717) is 16.4 Å². The summed E-state index contributed by atoms with van der Waals surface area (Å²) in [6, 6.07) is 27.4. The van der Waals surface area contributed by atoms with Gasteiger partial charge >= 0.3 is 0 Å². The number of hydrogen-bond donors (Lipinski definition) is 3. The Morgan fingerprint density at radius 2 is 1.65 bits per heavy atom. The topological polar surface area (TPSA) is 100 Å². The second-order valence-corrected chi connectivity index (χ2v) is 12.8. The maximum Gasteiger partial charge on any atom is 0.272 e. The van der Waals surface area contributed by atoms with E-state index in [9.17, 15) is 18.8 Å². The number of hydrogen-bond acceptors (Lipinski definition) is 6. The summed E-state index contributed by atoms with van der Waals surface area (Å²) in [4.78, 5) is 45.4. The molecule has 3 amide bonds. The van der Waals surface area contributed by atoms with Crippen LogP contribution in [0.25, 0.3) is 17.3 Å². The third-order valence-electron chi connectivity index (χ3n) is 6.65. The molecule has 11 heteroatoms. The molecule has 4 aromatic carbocycles. The number of nitrogens with zero attached hydrogens (tertiary/aromatic N) is 1. The molecule has 7 nitrogen and oxygen atoms in total. The van der Waals surface area contributed by atoms with Gasteiger partial charge in [0.05, 0.1) is 16.5 Å². The number of thioether (sulfide) groups is 1. The highest BCUT2D eigenvalue weighted by molar-refractivity contribution is 8.00. The lowest BCUT2D eigenvalue weighted by Crippen LogP contribution is -2.30. The Balaban J connectivity index is 1.25. The van der Waals surface area contributed by atoms with E-state index in [1.54, 1.807) is 48.5 Å². The smallest absolute Gasteiger partial charge is 0.272 e. The monoisotopic (exact) mass is 670 g/mol. The van der Waals surface area contributed by atoms with Crippen LogP contribution in [0.4, 0.5) is 15.2 Å². The van der Waals surface area contributed by atoms with E-state index in [2.05, 4.69) is 20.9 Å². The van der Waals surface area contributed by atoms with Crippen LogP contribution in [0.5, 0.6) is 0 Å². The molecule has 0 saturated heterocycles. The molecule has 0 aliphatic rings. The lowest BCUT2D eigenvalue weighted by Gasteiger charge is -2.13. The van der Waals surface area contributed by atoms with Crippen LogP contribution >= 0.6 is 34.7 Å².